The van der Waals surface area contributed by atoms with Gasteiger partial charge in [-0.2, -0.15) is 5.10 Å². The number of nitrogens with zero attached hydrogens (tertiary/aromatic N) is 4. The lowest BCUT2D eigenvalue weighted by Gasteiger charge is -2.16. The van der Waals surface area contributed by atoms with Gasteiger partial charge in [0.2, 0.25) is 0 Å². The molecule has 0 aromatic carbocycles. The summed E-state index contributed by atoms with van der Waals surface area (Å²) in [6.07, 6.45) is 0.543. The largest absolute Gasteiger partial charge is 0.409 e. The number of halogens is 1. The molecule has 96 valence electrons. The van der Waals surface area contributed by atoms with Crippen molar-refractivity contribution in [3.63, 3.8) is 0 Å². The molecule has 0 atom stereocenters. The Labute approximate surface area is 109 Å². The SMILES string of the molecule is Cc1nn(C)c(CN(C)CCC(N)=NO)c1Br. The van der Waals surface area contributed by atoms with E-state index in [9.17, 15) is 0 Å². The van der Waals surface area contributed by atoms with Gasteiger partial charge < -0.3 is 15.8 Å². The number of aryl methyl sites for hydroxylation is 2. The molecule has 1 rings (SSSR count). The van der Waals surface area contributed by atoms with Crippen LogP contribution in [0.4, 0.5) is 0 Å². The number of oxime groups is 1. The highest BCUT2D eigenvalue weighted by atomic mass is 79.9. The first-order valence-electron chi connectivity index (χ1n) is 5.28. The Morgan fingerprint density at radius 3 is 2.76 bits per heavy atom. The normalized spacial score (nSPS) is 12.4. The summed E-state index contributed by atoms with van der Waals surface area (Å²) in [7, 11) is 3.91. The number of aromatic nitrogens is 2. The van der Waals surface area contributed by atoms with E-state index in [1.54, 1.807) is 0 Å². The van der Waals surface area contributed by atoms with E-state index in [1.807, 2.05) is 25.7 Å². The highest BCUT2D eigenvalue weighted by Crippen LogP contribution is 2.21. The molecule has 0 unspecified atom stereocenters. The average Bonchev–Trinajstić information content (AvgIpc) is 2.53. The van der Waals surface area contributed by atoms with E-state index in [1.165, 1.54) is 0 Å². The number of nitrogens with two attached hydrogens (primary N) is 1. The fourth-order valence-corrected chi connectivity index (χ4v) is 2.00. The van der Waals surface area contributed by atoms with Crippen LogP contribution in [0, 0.1) is 6.92 Å². The van der Waals surface area contributed by atoms with Crippen LogP contribution in [-0.2, 0) is 13.6 Å². The molecular weight excluding hydrogens is 286 g/mol. The second-order valence-electron chi connectivity index (χ2n) is 4.05. The fourth-order valence-electron chi connectivity index (χ4n) is 1.54. The van der Waals surface area contributed by atoms with Crippen molar-refractivity contribution in [1.82, 2.24) is 14.7 Å². The van der Waals surface area contributed by atoms with E-state index in [0.717, 1.165) is 29.0 Å². The lowest BCUT2D eigenvalue weighted by atomic mass is 10.3. The molecule has 0 bridgehead atoms. The molecular formula is C10H18BrN5O. The Morgan fingerprint density at radius 1 is 1.65 bits per heavy atom. The van der Waals surface area contributed by atoms with Crippen molar-refractivity contribution in [3.8, 4) is 0 Å². The van der Waals surface area contributed by atoms with Crippen molar-refractivity contribution in [2.75, 3.05) is 13.6 Å². The first kappa shape index (κ1) is 14.0. The van der Waals surface area contributed by atoms with Crippen LogP contribution < -0.4 is 5.73 Å². The van der Waals surface area contributed by atoms with Gasteiger partial charge in [-0.25, -0.2) is 0 Å². The number of amidine groups is 1. The van der Waals surface area contributed by atoms with Crippen LogP contribution in [0.2, 0.25) is 0 Å². The Bertz CT molecular complexity index is 415. The predicted octanol–water partition coefficient (Wildman–Crippen LogP) is 1.06. The molecule has 1 aromatic rings. The Balaban J connectivity index is 2.59. The van der Waals surface area contributed by atoms with Gasteiger partial charge in [-0.05, 0) is 29.9 Å². The average molecular weight is 304 g/mol. The molecule has 0 amide bonds. The van der Waals surface area contributed by atoms with E-state index in [-0.39, 0.29) is 5.84 Å². The minimum Gasteiger partial charge on any atom is -0.409 e. The highest BCUT2D eigenvalue weighted by molar-refractivity contribution is 9.10. The van der Waals surface area contributed by atoms with Crippen LogP contribution in [0.3, 0.4) is 0 Å². The molecule has 0 aliphatic carbocycles. The van der Waals surface area contributed by atoms with Crippen molar-refractivity contribution in [3.05, 3.63) is 15.9 Å². The highest BCUT2D eigenvalue weighted by Gasteiger charge is 2.12. The zero-order valence-corrected chi connectivity index (χ0v) is 11.9. The quantitative estimate of drug-likeness (QED) is 0.369. The molecule has 17 heavy (non-hydrogen) atoms. The molecule has 0 spiro atoms. The van der Waals surface area contributed by atoms with Crippen LogP contribution >= 0.6 is 15.9 Å². The number of rotatable bonds is 5. The smallest absolute Gasteiger partial charge is 0.140 e. The molecule has 1 aromatic heterocycles. The molecule has 0 aliphatic rings. The standard InChI is InChI=1S/C10H18BrN5O/c1-7-10(11)8(16(3)13-7)6-15(2)5-4-9(12)14-17/h17H,4-6H2,1-3H3,(H2,12,14). The molecule has 0 saturated carbocycles. The summed E-state index contributed by atoms with van der Waals surface area (Å²) in [6, 6.07) is 0. The first-order chi connectivity index (χ1) is 7.95. The zero-order valence-electron chi connectivity index (χ0n) is 10.3. The maximum Gasteiger partial charge on any atom is 0.140 e. The van der Waals surface area contributed by atoms with Gasteiger partial charge in [0.25, 0.3) is 0 Å². The van der Waals surface area contributed by atoms with Gasteiger partial charge in [-0.3, -0.25) is 4.68 Å². The number of hydrogen-bond acceptors (Lipinski definition) is 4. The molecule has 0 fully saturated rings. The topological polar surface area (TPSA) is 79.7 Å². The van der Waals surface area contributed by atoms with Crippen LogP contribution in [0.15, 0.2) is 9.63 Å². The monoisotopic (exact) mass is 303 g/mol. The molecule has 3 N–H and O–H groups in total. The van der Waals surface area contributed by atoms with Crippen LogP contribution in [0.25, 0.3) is 0 Å². The van der Waals surface area contributed by atoms with Crippen LogP contribution in [-0.4, -0.2) is 39.3 Å². The van der Waals surface area contributed by atoms with E-state index in [2.05, 4.69) is 31.1 Å². The third-order valence-corrected chi connectivity index (χ3v) is 3.59. The maximum absolute atomic E-state index is 8.45. The summed E-state index contributed by atoms with van der Waals surface area (Å²) in [5, 5.41) is 15.7. The summed E-state index contributed by atoms with van der Waals surface area (Å²) >= 11 is 3.52. The summed E-state index contributed by atoms with van der Waals surface area (Å²) in [6.45, 7) is 3.45. The Kier molecular flexibility index (Phi) is 4.95. The molecule has 6 nitrogen and oxygen atoms in total. The molecule has 0 radical (unpaired) electrons. The maximum atomic E-state index is 8.45. The third kappa shape index (κ3) is 3.71. The zero-order chi connectivity index (χ0) is 13.0. The number of hydrogen-bond donors (Lipinski definition) is 2. The fraction of sp³-hybridized carbons (Fsp3) is 0.600. The minimum absolute atomic E-state index is 0.247. The lowest BCUT2D eigenvalue weighted by molar-refractivity contribution is 0.307. The Morgan fingerprint density at radius 2 is 2.29 bits per heavy atom. The van der Waals surface area contributed by atoms with Gasteiger partial charge in [0.15, 0.2) is 0 Å². The summed E-state index contributed by atoms with van der Waals surface area (Å²) in [5.74, 6) is 0.247. The first-order valence-corrected chi connectivity index (χ1v) is 6.08. The van der Waals surface area contributed by atoms with Crippen LogP contribution in [0.1, 0.15) is 17.8 Å². The van der Waals surface area contributed by atoms with E-state index < -0.39 is 0 Å². The van der Waals surface area contributed by atoms with Crippen molar-refractivity contribution in [1.29, 1.82) is 0 Å². The molecule has 0 aliphatic heterocycles. The third-order valence-electron chi connectivity index (χ3n) is 2.56. The summed E-state index contributed by atoms with van der Waals surface area (Å²) in [4.78, 5) is 2.10. The van der Waals surface area contributed by atoms with Gasteiger partial charge in [-0.1, -0.05) is 5.16 Å². The Hall–Kier alpha value is -1.08. The molecule has 0 saturated heterocycles. The second-order valence-corrected chi connectivity index (χ2v) is 4.84. The summed E-state index contributed by atoms with van der Waals surface area (Å²) < 4.78 is 2.90. The predicted molar refractivity (Wildman–Crippen MR) is 70.0 cm³/mol. The van der Waals surface area contributed by atoms with Crippen LogP contribution in [0.5, 0.6) is 0 Å². The van der Waals surface area contributed by atoms with Gasteiger partial charge in [-0.15, -0.1) is 0 Å². The van der Waals surface area contributed by atoms with Gasteiger partial charge in [0, 0.05) is 26.6 Å². The van der Waals surface area contributed by atoms with Crippen molar-refractivity contribution >= 4 is 21.8 Å². The summed E-state index contributed by atoms with van der Waals surface area (Å²) in [5.41, 5.74) is 7.52. The van der Waals surface area contributed by atoms with E-state index in [4.69, 9.17) is 10.9 Å². The van der Waals surface area contributed by atoms with E-state index in [0.29, 0.717) is 6.42 Å². The molecule has 1 heterocycles. The van der Waals surface area contributed by atoms with Gasteiger partial charge in [0.1, 0.15) is 5.84 Å². The van der Waals surface area contributed by atoms with Gasteiger partial charge >= 0.3 is 0 Å². The van der Waals surface area contributed by atoms with Gasteiger partial charge in [0.05, 0.1) is 15.9 Å². The van der Waals surface area contributed by atoms with Crippen molar-refractivity contribution in [2.24, 2.45) is 17.9 Å². The van der Waals surface area contributed by atoms with E-state index >= 15 is 0 Å². The molecule has 7 heteroatoms. The van der Waals surface area contributed by atoms with Crippen molar-refractivity contribution < 1.29 is 5.21 Å². The second kappa shape index (κ2) is 6.02. The minimum atomic E-state index is 0.247. The lowest BCUT2D eigenvalue weighted by Crippen LogP contribution is -2.25. The van der Waals surface area contributed by atoms with Crippen molar-refractivity contribution in [2.45, 2.75) is 19.9 Å².